The van der Waals surface area contributed by atoms with E-state index in [1.54, 1.807) is 0 Å². The molecule has 1 aromatic carbocycles. The largest absolute Gasteiger partial charge is 0.395 e. The van der Waals surface area contributed by atoms with Gasteiger partial charge in [0.1, 0.15) is 0 Å². The summed E-state index contributed by atoms with van der Waals surface area (Å²) in [6.07, 6.45) is 8.61. The average Bonchev–Trinajstić information content (AvgIpc) is 2.81. The van der Waals surface area contributed by atoms with Crippen molar-refractivity contribution in [3.05, 3.63) is 54.4 Å². The van der Waals surface area contributed by atoms with Crippen LogP contribution >= 0.6 is 0 Å². The first-order valence-electron chi connectivity index (χ1n) is 12.0. The quantitative estimate of drug-likeness (QED) is 0.802. The maximum absolute atomic E-state index is 10.2. The fraction of sp³-hybridized carbons (Fsp3) is 0.577. The molecule has 3 aliphatic rings. The normalized spacial score (nSPS) is 28.4. The lowest BCUT2D eigenvalue weighted by atomic mass is 9.74. The molecule has 0 unspecified atom stereocenters. The lowest BCUT2D eigenvalue weighted by Gasteiger charge is -2.57. The summed E-state index contributed by atoms with van der Waals surface area (Å²) in [7, 11) is 0. The molecular formula is C26H35N3O2. The Labute approximate surface area is 186 Å². The molecule has 0 amide bonds. The molecule has 3 atom stereocenters. The number of nitrogens with zero attached hydrogens (tertiary/aromatic N) is 3. The fourth-order valence-electron chi connectivity index (χ4n) is 5.90. The van der Waals surface area contributed by atoms with Crippen LogP contribution in [0.1, 0.15) is 37.2 Å². The van der Waals surface area contributed by atoms with Crippen molar-refractivity contribution in [2.45, 2.75) is 43.7 Å². The molecular weight excluding hydrogens is 386 g/mol. The van der Waals surface area contributed by atoms with Gasteiger partial charge in [-0.3, -0.25) is 9.88 Å². The predicted octanol–water partition coefficient (Wildman–Crippen LogP) is 3.40. The van der Waals surface area contributed by atoms with Crippen molar-refractivity contribution >= 4 is 0 Å². The Hall–Kier alpha value is -1.79. The number of aromatic nitrogens is 1. The predicted molar refractivity (Wildman–Crippen MR) is 123 cm³/mol. The Balaban J connectivity index is 1.32. The standard InChI is InChI=1S/C26H35N3O2/c30-19-25-26(22-7-5-21(6-8-22)23-4-3-11-27-16-23)24-18-28(12-1-2-13-29(24)25)17-20-9-14-31-15-10-20/h3-8,11,16,20,24-26,30H,1-2,9-10,12-15,17-19H2/t24-,25+,26-/m1/s1. The molecule has 0 bridgehead atoms. The molecule has 0 radical (unpaired) electrons. The number of fused-ring (bicyclic) bond motifs is 1. The third-order valence-electron chi connectivity index (χ3n) is 7.60. The topological polar surface area (TPSA) is 48.8 Å². The van der Waals surface area contributed by atoms with Crippen LogP contribution in [0.15, 0.2) is 48.8 Å². The van der Waals surface area contributed by atoms with Gasteiger partial charge in [0.15, 0.2) is 0 Å². The maximum atomic E-state index is 10.2. The summed E-state index contributed by atoms with van der Waals surface area (Å²) in [4.78, 5) is 9.53. The minimum Gasteiger partial charge on any atom is -0.395 e. The zero-order valence-electron chi connectivity index (χ0n) is 18.4. The van der Waals surface area contributed by atoms with Gasteiger partial charge in [-0.05, 0) is 67.4 Å². The molecule has 0 spiro atoms. The number of benzene rings is 1. The summed E-state index contributed by atoms with van der Waals surface area (Å²) in [5, 5.41) is 10.2. The van der Waals surface area contributed by atoms with Gasteiger partial charge in [-0.1, -0.05) is 30.3 Å². The zero-order chi connectivity index (χ0) is 21.0. The molecule has 5 nitrogen and oxygen atoms in total. The van der Waals surface area contributed by atoms with Gasteiger partial charge < -0.3 is 14.7 Å². The first kappa shape index (κ1) is 21.1. The minimum absolute atomic E-state index is 0.242. The molecule has 3 aliphatic heterocycles. The fourth-order valence-corrected chi connectivity index (χ4v) is 5.90. The van der Waals surface area contributed by atoms with Gasteiger partial charge in [-0.15, -0.1) is 0 Å². The Kier molecular flexibility index (Phi) is 6.65. The van der Waals surface area contributed by atoms with Crippen molar-refractivity contribution < 1.29 is 9.84 Å². The molecule has 0 aliphatic carbocycles. The van der Waals surface area contributed by atoms with Crippen molar-refractivity contribution in [2.75, 3.05) is 46.0 Å². The van der Waals surface area contributed by atoms with E-state index in [9.17, 15) is 5.11 Å². The van der Waals surface area contributed by atoms with Gasteiger partial charge in [0.25, 0.3) is 0 Å². The molecule has 1 N–H and O–H groups in total. The first-order valence-corrected chi connectivity index (χ1v) is 12.0. The van der Waals surface area contributed by atoms with Gasteiger partial charge >= 0.3 is 0 Å². The Morgan fingerprint density at radius 2 is 1.81 bits per heavy atom. The van der Waals surface area contributed by atoms with E-state index >= 15 is 0 Å². The Bertz CT molecular complexity index is 822. The monoisotopic (exact) mass is 421 g/mol. The van der Waals surface area contributed by atoms with Crippen LogP contribution in [0.3, 0.4) is 0 Å². The summed E-state index contributed by atoms with van der Waals surface area (Å²) in [6, 6.07) is 13.8. The second-order valence-electron chi connectivity index (χ2n) is 9.47. The first-order chi connectivity index (χ1) is 15.3. The van der Waals surface area contributed by atoms with Crippen LogP contribution in [0.4, 0.5) is 0 Å². The highest BCUT2D eigenvalue weighted by Crippen LogP contribution is 2.42. The molecule has 2 aromatic rings. The third kappa shape index (κ3) is 4.56. The van der Waals surface area contributed by atoms with Gasteiger partial charge in [-0.2, -0.15) is 0 Å². The highest BCUT2D eigenvalue weighted by molar-refractivity contribution is 5.62. The van der Waals surface area contributed by atoms with Gasteiger partial charge in [0.2, 0.25) is 0 Å². The number of ether oxygens (including phenoxy) is 1. The van der Waals surface area contributed by atoms with E-state index in [-0.39, 0.29) is 12.6 Å². The summed E-state index contributed by atoms with van der Waals surface area (Å²) in [5.74, 6) is 1.18. The number of hydrogen-bond acceptors (Lipinski definition) is 5. The molecule has 31 heavy (non-hydrogen) atoms. The molecule has 3 saturated heterocycles. The van der Waals surface area contributed by atoms with E-state index in [0.29, 0.717) is 12.0 Å². The van der Waals surface area contributed by atoms with Crippen molar-refractivity contribution in [1.29, 1.82) is 0 Å². The Morgan fingerprint density at radius 3 is 2.55 bits per heavy atom. The van der Waals surface area contributed by atoms with E-state index in [1.807, 2.05) is 18.5 Å². The van der Waals surface area contributed by atoms with E-state index in [4.69, 9.17) is 4.74 Å². The Morgan fingerprint density at radius 1 is 1.00 bits per heavy atom. The van der Waals surface area contributed by atoms with Crippen LogP contribution in [-0.4, -0.2) is 78.0 Å². The number of aliphatic hydroxyl groups is 1. The molecule has 5 rings (SSSR count). The van der Waals surface area contributed by atoms with Crippen LogP contribution in [0.25, 0.3) is 11.1 Å². The van der Waals surface area contributed by atoms with E-state index in [1.165, 1.54) is 49.9 Å². The second-order valence-corrected chi connectivity index (χ2v) is 9.47. The van der Waals surface area contributed by atoms with Crippen LogP contribution in [0, 0.1) is 5.92 Å². The number of hydrogen-bond donors (Lipinski definition) is 1. The summed E-state index contributed by atoms with van der Waals surface area (Å²) >= 11 is 0. The van der Waals surface area contributed by atoms with Gasteiger partial charge in [-0.25, -0.2) is 0 Å². The van der Waals surface area contributed by atoms with Crippen molar-refractivity contribution in [3.63, 3.8) is 0 Å². The third-order valence-corrected chi connectivity index (χ3v) is 7.60. The summed E-state index contributed by atoms with van der Waals surface area (Å²) < 4.78 is 5.57. The molecule has 4 heterocycles. The lowest BCUT2D eigenvalue weighted by molar-refractivity contribution is -0.0677. The molecule has 3 fully saturated rings. The number of pyridine rings is 1. The van der Waals surface area contributed by atoms with E-state index in [0.717, 1.165) is 37.8 Å². The zero-order valence-corrected chi connectivity index (χ0v) is 18.4. The van der Waals surface area contributed by atoms with Crippen LogP contribution < -0.4 is 0 Å². The average molecular weight is 422 g/mol. The highest BCUT2D eigenvalue weighted by atomic mass is 16.5. The van der Waals surface area contributed by atoms with Gasteiger partial charge in [0.05, 0.1) is 6.61 Å². The lowest BCUT2D eigenvalue weighted by Crippen LogP contribution is -2.67. The summed E-state index contributed by atoms with van der Waals surface area (Å²) in [6.45, 7) is 6.72. The van der Waals surface area contributed by atoms with E-state index < -0.39 is 0 Å². The highest BCUT2D eigenvalue weighted by Gasteiger charge is 2.49. The van der Waals surface area contributed by atoms with E-state index in [2.05, 4.69) is 45.1 Å². The number of rotatable bonds is 5. The number of aliphatic hydroxyl groups excluding tert-OH is 1. The smallest absolute Gasteiger partial charge is 0.0593 e. The van der Waals surface area contributed by atoms with Gasteiger partial charge in [0, 0.05) is 56.7 Å². The van der Waals surface area contributed by atoms with Crippen molar-refractivity contribution in [2.24, 2.45) is 5.92 Å². The molecule has 1 aromatic heterocycles. The molecule has 0 saturated carbocycles. The molecule has 5 heteroatoms. The minimum atomic E-state index is 0.242. The van der Waals surface area contributed by atoms with Crippen LogP contribution in [0.2, 0.25) is 0 Å². The van der Waals surface area contributed by atoms with Crippen molar-refractivity contribution in [1.82, 2.24) is 14.8 Å². The SMILES string of the molecule is OC[C@H]1[C@H](c2ccc(-c3cccnc3)cc2)[C@H]2CN(CC3CCOCC3)CCCCN21. The summed E-state index contributed by atoms with van der Waals surface area (Å²) in [5.41, 5.74) is 3.71. The van der Waals surface area contributed by atoms with Crippen LogP contribution in [-0.2, 0) is 4.74 Å². The maximum Gasteiger partial charge on any atom is 0.0593 e. The van der Waals surface area contributed by atoms with Crippen LogP contribution in [0.5, 0.6) is 0 Å². The second kappa shape index (κ2) is 9.78. The van der Waals surface area contributed by atoms with Crippen molar-refractivity contribution in [3.8, 4) is 11.1 Å². The molecule has 166 valence electrons.